The highest BCUT2D eigenvalue weighted by molar-refractivity contribution is 6.07. The number of aliphatic hydroxyl groups is 1. The summed E-state index contributed by atoms with van der Waals surface area (Å²) in [4.78, 5) is 32.4. The lowest BCUT2D eigenvalue weighted by Gasteiger charge is -2.72. The molecular formula is C36H51NO3. The number of allylic oxidation sites excluding steroid dienone is 2. The number of nitrogens with zero attached hydrogens (tertiary/aromatic N) is 1. The van der Waals surface area contributed by atoms with Crippen LogP contribution in [0, 0.1) is 50.7 Å². The van der Waals surface area contributed by atoms with Crippen molar-refractivity contribution in [2.75, 3.05) is 0 Å². The van der Waals surface area contributed by atoms with Gasteiger partial charge >= 0.3 is 0 Å². The summed E-state index contributed by atoms with van der Waals surface area (Å²) in [5, 5.41) is 11.0. The number of hydrogen-bond acceptors (Lipinski definition) is 4. The third-order valence-corrected chi connectivity index (χ3v) is 14.0. The number of carbonyl (C=O) groups excluding carboxylic acids is 2. The number of rotatable bonds is 4. The van der Waals surface area contributed by atoms with Gasteiger partial charge in [0.2, 0.25) is 0 Å². The summed E-state index contributed by atoms with van der Waals surface area (Å²) in [6.07, 6.45) is 12.4. The highest BCUT2D eigenvalue weighted by atomic mass is 16.3. The summed E-state index contributed by atoms with van der Waals surface area (Å²) in [5.74, 6) is 2.01. The van der Waals surface area contributed by atoms with E-state index in [-0.39, 0.29) is 51.2 Å². The molecule has 1 heterocycles. The van der Waals surface area contributed by atoms with Gasteiger partial charge in [0, 0.05) is 25.2 Å². The van der Waals surface area contributed by atoms with Gasteiger partial charge < -0.3 is 5.11 Å². The lowest BCUT2D eigenvalue weighted by molar-refractivity contribution is -0.228. The fourth-order valence-corrected chi connectivity index (χ4v) is 11.8. The molecule has 1 N–H and O–H groups in total. The molecule has 8 atom stereocenters. The Bertz CT molecular complexity index is 1250. The molecule has 4 saturated carbocycles. The Hall–Kier alpha value is -1.81. The number of aromatic nitrogens is 1. The van der Waals surface area contributed by atoms with Gasteiger partial charge in [-0.05, 0) is 119 Å². The first-order valence-electron chi connectivity index (χ1n) is 16.1. The van der Waals surface area contributed by atoms with Gasteiger partial charge in [0.15, 0.2) is 5.78 Å². The molecule has 0 aromatic carbocycles. The van der Waals surface area contributed by atoms with Crippen LogP contribution >= 0.6 is 0 Å². The Kier molecular flexibility index (Phi) is 6.44. The molecule has 4 heteroatoms. The zero-order chi connectivity index (χ0) is 28.9. The number of carbonyl (C=O) groups is 2. The Morgan fingerprint density at radius 1 is 0.975 bits per heavy atom. The van der Waals surface area contributed by atoms with E-state index in [1.165, 1.54) is 12.0 Å². The Morgan fingerprint density at radius 3 is 2.40 bits per heavy atom. The minimum atomic E-state index is -0.641. The van der Waals surface area contributed by atoms with E-state index in [4.69, 9.17) is 0 Å². The maximum Gasteiger partial charge on any atom is 0.160 e. The summed E-state index contributed by atoms with van der Waals surface area (Å²) < 4.78 is 0. The molecule has 0 radical (unpaired) electrons. The minimum Gasteiger partial charge on any atom is -0.393 e. The smallest absolute Gasteiger partial charge is 0.160 e. The number of pyridine rings is 1. The Balaban J connectivity index is 1.42. The zero-order valence-corrected chi connectivity index (χ0v) is 26.0. The van der Waals surface area contributed by atoms with Crippen LogP contribution in [-0.2, 0) is 16.0 Å². The molecule has 0 unspecified atom stereocenters. The highest BCUT2D eigenvalue weighted by Gasteiger charge is 2.70. The summed E-state index contributed by atoms with van der Waals surface area (Å²) in [6.45, 7) is 16.6. The molecule has 0 aliphatic heterocycles. The van der Waals surface area contributed by atoms with Gasteiger partial charge in [0.25, 0.3) is 0 Å². The van der Waals surface area contributed by atoms with Gasteiger partial charge in [-0.25, -0.2) is 0 Å². The Morgan fingerprint density at radius 2 is 1.73 bits per heavy atom. The third-order valence-electron chi connectivity index (χ3n) is 14.0. The SMILES string of the molecule is CC(C)C1=C2[C@H]3CC[C@@H]4[C@@]5(C)CC[C@H](O)C(C)(C)[C@@H]5CC[C@@]4(C)[C@]3(C)CC[C@@]2(C(=O)Cc2cccnc2)CC1=O. The van der Waals surface area contributed by atoms with Crippen molar-refractivity contribution in [3.63, 3.8) is 0 Å². The molecule has 0 bridgehead atoms. The van der Waals surface area contributed by atoms with Gasteiger partial charge in [0.05, 0.1) is 11.5 Å². The van der Waals surface area contributed by atoms with Crippen molar-refractivity contribution in [3.8, 4) is 0 Å². The lowest BCUT2D eigenvalue weighted by Crippen LogP contribution is -2.65. The van der Waals surface area contributed by atoms with Crippen LogP contribution in [-0.4, -0.2) is 27.8 Å². The summed E-state index contributed by atoms with van der Waals surface area (Å²) in [7, 11) is 0. The van der Waals surface area contributed by atoms with Crippen LogP contribution in [0.25, 0.3) is 0 Å². The number of aliphatic hydroxyl groups excluding tert-OH is 1. The maximum absolute atomic E-state index is 14.3. The van der Waals surface area contributed by atoms with Crippen LogP contribution < -0.4 is 0 Å². The molecule has 4 fully saturated rings. The molecule has 0 saturated heterocycles. The van der Waals surface area contributed by atoms with Gasteiger partial charge in [-0.15, -0.1) is 0 Å². The quantitative estimate of drug-likeness (QED) is 0.424. The van der Waals surface area contributed by atoms with Crippen molar-refractivity contribution in [1.82, 2.24) is 4.98 Å². The number of hydrogen-bond donors (Lipinski definition) is 1. The topological polar surface area (TPSA) is 67.3 Å². The van der Waals surface area contributed by atoms with E-state index < -0.39 is 5.41 Å². The van der Waals surface area contributed by atoms with E-state index in [0.29, 0.717) is 24.7 Å². The van der Waals surface area contributed by atoms with E-state index in [1.54, 1.807) is 12.4 Å². The van der Waals surface area contributed by atoms with Crippen molar-refractivity contribution in [2.45, 2.75) is 119 Å². The van der Waals surface area contributed by atoms with Crippen LogP contribution in [0.3, 0.4) is 0 Å². The van der Waals surface area contributed by atoms with Crippen LogP contribution in [0.2, 0.25) is 0 Å². The summed E-state index contributed by atoms with van der Waals surface area (Å²) in [5.41, 5.74) is 2.91. The first-order chi connectivity index (χ1) is 18.7. The first kappa shape index (κ1) is 28.3. The van der Waals surface area contributed by atoms with Crippen LogP contribution in [0.15, 0.2) is 35.7 Å². The number of fused-ring (bicyclic) bond motifs is 7. The molecule has 40 heavy (non-hydrogen) atoms. The van der Waals surface area contributed by atoms with Crippen molar-refractivity contribution in [2.24, 2.45) is 50.7 Å². The molecule has 4 nitrogen and oxygen atoms in total. The third kappa shape index (κ3) is 3.56. The zero-order valence-electron chi connectivity index (χ0n) is 26.0. The van der Waals surface area contributed by atoms with Crippen LogP contribution in [0.5, 0.6) is 0 Å². The lowest BCUT2D eigenvalue weighted by atomic mass is 9.33. The first-order valence-corrected chi connectivity index (χ1v) is 16.1. The monoisotopic (exact) mass is 545 g/mol. The number of ketones is 2. The molecule has 5 aliphatic rings. The predicted octanol–water partition coefficient (Wildman–Crippen LogP) is 7.53. The molecule has 1 aromatic rings. The van der Waals surface area contributed by atoms with Crippen molar-refractivity contribution in [1.29, 1.82) is 0 Å². The second-order valence-corrected chi connectivity index (χ2v) is 16.1. The predicted molar refractivity (Wildman–Crippen MR) is 158 cm³/mol. The largest absolute Gasteiger partial charge is 0.393 e. The van der Waals surface area contributed by atoms with Gasteiger partial charge in [-0.3, -0.25) is 14.6 Å². The van der Waals surface area contributed by atoms with E-state index >= 15 is 0 Å². The second kappa shape index (κ2) is 9.09. The van der Waals surface area contributed by atoms with E-state index in [2.05, 4.69) is 53.5 Å². The summed E-state index contributed by atoms with van der Waals surface area (Å²) >= 11 is 0. The maximum atomic E-state index is 14.3. The summed E-state index contributed by atoms with van der Waals surface area (Å²) in [6, 6.07) is 3.89. The van der Waals surface area contributed by atoms with E-state index in [1.807, 2.05) is 12.1 Å². The second-order valence-electron chi connectivity index (χ2n) is 16.1. The standard InChI is InChI=1S/C36H51NO3/c1-22(2)30-25(38)20-36(29(40)19-23-9-8-18-37-21-23)17-16-34(6)24(31(30)36)10-11-27-33(5)14-13-28(39)32(3,4)26(33)12-15-35(27,34)7/h8-9,18,21-22,24,26-28,39H,10-17,19-20H2,1-7H3/t24-,26+,27-,28+,33+,34-,35-,36+/m1/s1. The molecule has 0 spiro atoms. The van der Waals surface area contributed by atoms with Crippen LogP contribution in [0.1, 0.15) is 112 Å². The average molecular weight is 546 g/mol. The molecule has 5 aliphatic carbocycles. The molecule has 218 valence electrons. The van der Waals surface area contributed by atoms with Gasteiger partial charge in [-0.1, -0.05) is 54.5 Å². The normalized spacial score (nSPS) is 44.1. The fourth-order valence-electron chi connectivity index (χ4n) is 11.8. The van der Waals surface area contributed by atoms with Crippen molar-refractivity contribution >= 4 is 11.6 Å². The average Bonchev–Trinajstić information content (AvgIpc) is 3.21. The number of Topliss-reactive ketones (excluding diaryl/α,β-unsaturated/α-hetero) is 2. The van der Waals surface area contributed by atoms with Crippen molar-refractivity contribution < 1.29 is 14.7 Å². The van der Waals surface area contributed by atoms with Crippen LogP contribution in [0.4, 0.5) is 0 Å². The molecular weight excluding hydrogens is 494 g/mol. The van der Waals surface area contributed by atoms with Gasteiger partial charge in [0.1, 0.15) is 5.78 Å². The van der Waals surface area contributed by atoms with E-state index in [0.717, 1.165) is 56.1 Å². The molecule has 6 rings (SSSR count). The van der Waals surface area contributed by atoms with E-state index in [9.17, 15) is 14.7 Å². The van der Waals surface area contributed by atoms with Crippen molar-refractivity contribution in [3.05, 3.63) is 41.2 Å². The van der Waals surface area contributed by atoms with Gasteiger partial charge in [-0.2, -0.15) is 0 Å². The minimum absolute atomic E-state index is 0.0578. The molecule has 1 aromatic heterocycles. The molecule has 0 amide bonds. The fraction of sp³-hybridized carbons (Fsp3) is 0.750. The Labute approximate surface area is 241 Å². The highest BCUT2D eigenvalue weighted by Crippen LogP contribution is 2.76.